The van der Waals surface area contributed by atoms with Gasteiger partial charge in [-0.2, -0.15) is 13.2 Å². The topological polar surface area (TPSA) is 107 Å². The molecule has 0 radical (unpaired) electrons. The highest BCUT2D eigenvalue weighted by atomic mass is 19.4. The first-order chi connectivity index (χ1) is 17.9. The fourth-order valence-electron chi connectivity index (χ4n) is 4.29. The van der Waals surface area contributed by atoms with E-state index in [1.54, 1.807) is 17.0 Å². The van der Waals surface area contributed by atoms with E-state index in [-0.39, 0.29) is 24.1 Å². The zero-order valence-electron chi connectivity index (χ0n) is 20.7. The molecule has 0 saturated carbocycles. The van der Waals surface area contributed by atoms with E-state index in [4.69, 9.17) is 15.6 Å². The number of nitrogens with two attached hydrogens (primary N) is 1. The normalized spacial score (nSPS) is 16.3. The monoisotopic (exact) mass is 538 g/mol. The van der Waals surface area contributed by atoms with Crippen molar-refractivity contribution in [1.82, 2.24) is 14.7 Å². The van der Waals surface area contributed by atoms with Crippen LogP contribution in [0.2, 0.25) is 0 Å². The van der Waals surface area contributed by atoms with Crippen LogP contribution in [0.3, 0.4) is 0 Å². The Hall–Kier alpha value is -3.51. The van der Waals surface area contributed by atoms with Crippen LogP contribution >= 0.6 is 0 Å². The van der Waals surface area contributed by atoms with Gasteiger partial charge in [0.05, 0.1) is 6.04 Å². The van der Waals surface area contributed by atoms with Gasteiger partial charge in [0.25, 0.3) is 0 Å². The number of carbonyl (C=O) groups is 3. The number of carboxylic acids is 1. The molecule has 0 aliphatic carbocycles. The summed E-state index contributed by atoms with van der Waals surface area (Å²) in [6.07, 6.45) is -4.44. The van der Waals surface area contributed by atoms with Crippen molar-refractivity contribution < 1.29 is 37.1 Å². The van der Waals surface area contributed by atoms with E-state index in [2.05, 4.69) is 4.90 Å². The summed E-state index contributed by atoms with van der Waals surface area (Å²) in [5.41, 5.74) is 9.52. The van der Waals surface area contributed by atoms with Gasteiger partial charge in [-0.05, 0) is 35.2 Å². The Morgan fingerprint density at radius 1 is 0.895 bits per heavy atom. The Morgan fingerprint density at radius 2 is 1.42 bits per heavy atom. The molecule has 4 rings (SSSR count). The van der Waals surface area contributed by atoms with E-state index in [1.807, 2.05) is 29.2 Å². The van der Waals surface area contributed by atoms with Crippen LogP contribution < -0.4 is 5.73 Å². The van der Waals surface area contributed by atoms with Gasteiger partial charge < -0.3 is 20.6 Å². The maximum Gasteiger partial charge on any atom is 0.490 e. The van der Waals surface area contributed by atoms with Crippen molar-refractivity contribution in [2.24, 2.45) is 5.73 Å². The van der Waals surface area contributed by atoms with Crippen LogP contribution in [0.1, 0.15) is 29.5 Å². The van der Waals surface area contributed by atoms with Crippen molar-refractivity contribution >= 4 is 17.8 Å². The minimum Gasteiger partial charge on any atom is -0.475 e. The third-order valence-corrected chi connectivity index (χ3v) is 6.43. The molecule has 2 aromatic rings. The second-order valence-corrected chi connectivity index (χ2v) is 9.19. The Morgan fingerprint density at radius 3 is 1.92 bits per heavy atom. The Balaban J connectivity index is 0.000000505. The quantitative estimate of drug-likeness (QED) is 0.548. The number of aliphatic carboxylic acids is 1. The summed E-state index contributed by atoms with van der Waals surface area (Å²) in [7, 11) is 0. The fourth-order valence-corrected chi connectivity index (χ4v) is 4.29. The van der Waals surface area contributed by atoms with E-state index < -0.39 is 18.2 Å². The first-order valence-corrected chi connectivity index (χ1v) is 12.1. The van der Waals surface area contributed by atoms with Crippen molar-refractivity contribution in [3.63, 3.8) is 0 Å². The summed E-state index contributed by atoms with van der Waals surface area (Å²) in [5, 5.41) is 7.12. The maximum atomic E-state index is 13.0. The average Bonchev–Trinajstić information content (AvgIpc) is 3.32. The number of carbonyl (C=O) groups excluding carboxylic acids is 2. The van der Waals surface area contributed by atoms with Crippen LogP contribution in [0.25, 0.3) is 0 Å². The molecular formula is C26H30F4N4O4. The van der Waals surface area contributed by atoms with Crippen LogP contribution in [0.5, 0.6) is 0 Å². The Bertz CT molecular complexity index is 1090. The lowest BCUT2D eigenvalue weighted by Crippen LogP contribution is -2.48. The molecule has 0 bridgehead atoms. The third kappa shape index (κ3) is 8.25. The maximum absolute atomic E-state index is 13.0. The standard InChI is InChI=1S/C24H29FN4O2.C2HF3O2/c25-21-7-5-18(6-8-21)15-27-11-13-28(14-12-27)23(30)10-9-22(26)24(31)29-16-19-3-1-2-4-20(19)17-29;3-2(4,5)1(6)7/h1-8,22H,9-17,26H2;(H,6,7)/t22-;/m0./s1. The second-order valence-electron chi connectivity index (χ2n) is 9.19. The molecule has 8 nitrogen and oxygen atoms in total. The van der Waals surface area contributed by atoms with E-state index in [0.29, 0.717) is 32.6 Å². The van der Waals surface area contributed by atoms with Gasteiger partial charge in [-0.3, -0.25) is 14.5 Å². The first-order valence-electron chi connectivity index (χ1n) is 12.1. The molecule has 3 N–H and O–H groups in total. The number of carboxylic acid groups (broad SMARTS) is 1. The highest BCUT2D eigenvalue weighted by Gasteiger charge is 2.38. The summed E-state index contributed by atoms with van der Waals surface area (Å²) in [6.45, 7) is 4.80. The molecule has 1 fully saturated rings. The smallest absolute Gasteiger partial charge is 0.475 e. The van der Waals surface area contributed by atoms with Gasteiger partial charge in [0.15, 0.2) is 0 Å². The molecule has 1 saturated heterocycles. The molecule has 2 heterocycles. The van der Waals surface area contributed by atoms with E-state index >= 15 is 0 Å². The average molecular weight is 539 g/mol. The third-order valence-electron chi connectivity index (χ3n) is 6.43. The molecule has 12 heteroatoms. The molecular weight excluding hydrogens is 508 g/mol. The van der Waals surface area contributed by atoms with E-state index in [0.717, 1.165) is 36.3 Å². The SMILES string of the molecule is N[C@@H](CCC(=O)N1CCN(Cc2ccc(F)cc2)CC1)C(=O)N1Cc2ccccc2C1.O=C(O)C(F)(F)F. The van der Waals surface area contributed by atoms with Crippen LogP contribution in [0.4, 0.5) is 17.6 Å². The lowest BCUT2D eigenvalue weighted by Gasteiger charge is -2.35. The largest absolute Gasteiger partial charge is 0.490 e. The summed E-state index contributed by atoms with van der Waals surface area (Å²) < 4.78 is 44.8. The zero-order chi connectivity index (χ0) is 27.9. The van der Waals surface area contributed by atoms with Crippen LogP contribution in [0.15, 0.2) is 48.5 Å². The van der Waals surface area contributed by atoms with Gasteiger partial charge >= 0.3 is 12.1 Å². The highest BCUT2D eigenvalue weighted by Crippen LogP contribution is 2.23. The number of benzene rings is 2. The number of rotatable bonds is 6. The molecule has 2 amide bonds. The predicted octanol–water partition coefficient (Wildman–Crippen LogP) is 2.75. The second kappa shape index (κ2) is 12.8. The lowest BCUT2D eigenvalue weighted by molar-refractivity contribution is -0.192. The van der Waals surface area contributed by atoms with Gasteiger partial charge in [-0.15, -0.1) is 0 Å². The number of fused-ring (bicyclic) bond motifs is 1. The molecule has 2 aromatic carbocycles. The molecule has 38 heavy (non-hydrogen) atoms. The number of alkyl halides is 3. The molecule has 2 aliphatic rings. The predicted molar refractivity (Wildman–Crippen MR) is 130 cm³/mol. The summed E-state index contributed by atoms with van der Waals surface area (Å²) in [5.74, 6) is -3.03. The summed E-state index contributed by atoms with van der Waals surface area (Å²) in [4.78, 5) is 40.1. The van der Waals surface area contributed by atoms with E-state index in [9.17, 15) is 27.2 Å². The molecule has 206 valence electrons. The summed E-state index contributed by atoms with van der Waals surface area (Å²) >= 11 is 0. The van der Waals surface area contributed by atoms with Crippen molar-refractivity contribution in [2.75, 3.05) is 26.2 Å². The zero-order valence-corrected chi connectivity index (χ0v) is 20.7. The minimum absolute atomic E-state index is 0.0504. The molecule has 0 aromatic heterocycles. The number of hydrogen-bond donors (Lipinski definition) is 2. The number of nitrogens with zero attached hydrogens (tertiary/aromatic N) is 3. The van der Waals surface area contributed by atoms with Gasteiger partial charge in [-0.25, -0.2) is 9.18 Å². The Kier molecular flexibility index (Phi) is 9.81. The number of piperazine rings is 1. The van der Waals surface area contributed by atoms with Crippen molar-refractivity contribution in [1.29, 1.82) is 0 Å². The number of amides is 2. The van der Waals surface area contributed by atoms with Gasteiger partial charge in [0, 0.05) is 52.2 Å². The number of hydrogen-bond acceptors (Lipinski definition) is 5. The Labute approximate surface area is 217 Å². The van der Waals surface area contributed by atoms with Crippen molar-refractivity contribution in [3.05, 3.63) is 71.0 Å². The van der Waals surface area contributed by atoms with Crippen molar-refractivity contribution in [3.8, 4) is 0 Å². The molecule has 0 unspecified atom stereocenters. The first kappa shape index (κ1) is 29.1. The lowest BCUT2D eigenvalue weighted by atomic mass is 10.1. The minimum atomic E-state index is -5.08. The fraction of sp³-hybridized carbons (Fsp3) is 0.423. The van der Waals surface area contributed by atoms with Crippen LogP contribution in [-0.2, 0) is 34.0 Å². The van der Waals surface area contributed by atoms with Crippen LogP contribution in [-0.4, -0.2) is 76.0 Å². The van der Waals surface area contributed by atoms with E-state index in [1.165, 1.54) is 12.1 Å². The van der Waals surface area contributed by atoms with Gasteiger partial charge in [0.2, 0.25) is 11.8 Å². The van der Waals surface area contributed by atoms with Crippen LogP contribution in [0, 0.1) is 5.82 Å². The van der Waals surface area contributed by atoms with Gasteiger partial charge in [0.1, 0.15) is 5.82 Å². The highest BCUT2D eigenvalue weighted by molar-refractivity contribution is 5.83. The van der Waals surface area contributed by atoms with Crippen molar-refractivity contribution in [2.45, 2.75) is 44.7 Å². The molecule has 0 spiro atoms. The molecule has 2 aliphatic heterocycles. The molecule has 1 atom stereocenters. The summed E-state index contributed by atoms with van der Waals surface area (Å²) in [6, 6.07) is 13.9. The van der Waals surface area contributed by atoms with Gasteiger partial charge in [-0.1, -0.05) is 36.4 Å². The number of halogens is 4.